The van der Waals surface area contributed by atoms with E-state index in [1.807, 2.05) is 0 Å². The SMILES string of the molecule is CCN(CC)CC[N+](CC)(CC)CCOc1cccc(C)c1. The van der Waals surface area contributed by atoms with Crippen LogP contribution in [0.2, 0.25) is 0 Å². The zero-order valence-corrected chi connectivity index (χ0v) is 15.3. The van der Waals surface area contributed by atoms with Gasteiger partial charge in [0.15, 0.2) is 0 Å². The lowest BCUT2D eigenvalue weighted by atomic mass is 10.2. The average molecular weight is 308 g/mol. The summed E-state index contributed by atoms with van der Waals surface area (Å²) in [5, 5.41) is 0. The van der Waals surface area contributed by atoms with Crippen molar-refractivity contribution < 1.29 is 9.22 Å². The van der Waals surface area contributed by atoms with E-state index in [-0.39, 0.29) is 0 Å². The van der Waals surface area contributed by atoms with Crippen LogP contribution in [-0.2, 0) is 0 Å². The Balaban J connectivity index is 2.51. The van der Waals surface area contributed by atoms with Gasteiger partial charge in [-0.15, -0.1) is 0 Å². The van der Waals surface area contributed by atoms with E-state index in [0.29, 0.717) is 0 Å². The van der Waals surface area contributed by atoms with Crippen molar-refractivity contribution in [1.29, 1.82) is 0 Å². The molecule has 0 heterocycles. The highest BCUT2D eigenvalue weighted by Gasteiger charge is 2.23. The Morgan fingerprint density at radius 2 is 1.68 bits per heavy atom. The summed E-state index contributed by atoms with van der Waals surface area (Å²) in [5.74, 6) is 0.994. The smallest absolute Gasteiger partial charge is 0.137 e. The van der Waals surface area contributed by atoms with Gasteiger partial charge in [0.1, 0.15) is 18.9 Å². The van der Waals surface area contributed by atoms with Crippen LogP contribution in [-0.4, -0.2) is 61.8 Å². The first-order valence-corrected chi connectivity index (χ1v) is 8.86. The number of quaternary nitrogens is 1. The Morgan fingerprint density at radius 3 is 2.23 bits per heavy atom. The van der Waals surface area contributed by atoms with Crippen LogP contribution in [0.3, 0.4) is 0 Å². The van der Waals surface area contributed by atoms with E-state index in [2.05, 4.69) is 63.8 Å². The van der Waals surface area contributed by atoms with Crippen molar-refractivity contribution in [2.24, 2.45) is 0 Å². The third-order valence-corrected chi connectivity index (χ3v) is 4.95. The Hall–Kier alpha value is -1.06. The molecule has 0 aliphatic carbocycles. The van der Waals surface area contributed by atoms with Gasteiger partial charge >= 0.3 is 0 Å². The number of benzene rings is 1. The summed E-state index contributed by atoms with van der Waals surface area (Å²) in [7, 11) is 0. The Labute approximate surface area is 137 Å². The standard InChI is InChI=1S/C19H35N2O/c1-6-20(7-2)13-14-21(8-3,9-4)15-16-22-19-12-10-11-18(5)17-19/h10-12,17H,6-9,13-16H2,1-5H3/q+1. The summed E-state index contributed by atoms with van der Waals surface area (Å²) in [6, 6.07) is 8.33. The highest BCUT2D eigenvalue weighted by Crippen LogP contribution is 2.13. The molecule has 1 aromatic rings. The zero-order valence-electron chi connectivity index (χ0n) is 15.3. The van der Waals surface area contributed by atoms with Gasteiger partial charge in [-0.05, 0) is 51.6 Å². The largest absolute Gasteiger partial charge is 0.488 e. The van der Waals surface area contributed by atoms with E-state index in [9.17, 15) is 0 Å². The predicted molar refractivity (Wildman–Crippen MR) is 95.5 cm³/mol. The highest BCUT2D eigenvalue weighted by atomic mass is 16.5. The third kappa shape index (κ3) is 5.98. The van der Waals surface area contributed by atoms with Crippen LogP contribution in [0.1, 0.15) is 33.3 Å². The van der Waals surface area contributed by atoms with Gasteiger partial charge in [-0.3, -0.25) is 4.90 Å². The average Bonchev–Trinajstić information content (AvgIpc) is 2.54. The molecule has 0 N–H and O–H groups in total. The molecule has 0 saturated heterocycles. The number of hydrogen-bond acceptors (Lipinski definition) is 2. The minimum atomic E-state index is 0.795. The van der Waals surface area contributed by atoms with Gasteiger partial charge < -0.3 is 9.22 Å². The first-order valence-electron chi connectivity index (χ1n) is 8.86. The first-order chi connectivity index (χ1) is 10.6. The molecule has 3 heteroatoms. The topological polar surface area (TPSA) is 12.5 Å². The van der Waals surface area contributed by atoms with Crippen LogP contribution in [0, 0.1) is 6.92 Å². The molecule has 0 bridgehead atoms. The van der Waals surface area contributed by atoms with Crippen LogP contribution in [0.15, 0.2) is 24.3 Å². The number of ether oxygens (including phenoxy) is 1. The molecule has 0 aliphatic heterocycles. The fourth-order valence-corrected chi connectivity index (χ4v) is 2.92. The predicted octanol–water partition coefficient (Wildman–Crippen LogP) is 3.57. The summed E-state index contributed by atoms with van der Waals surface area (Å²) < 4.78 is 7.12. The lowest BCUT2D eigenvalue weighted by Gasteiger charge is -2.38. The molecule has 0 amide bonds. The molecule has 0 unspecified atom stereocenters. The Kier molecular flexibility index (Phi) is 8.51. The quantitative estimate of drug-likeness (QED) is 0.580. The maximum atomic E-state index is 5.98. The maximum absolute atomic E-state index is 5.98. The van der Waals surface area contributed by atoms with Gasteiger partial charge in [0.25, 0.3) is 0 Å². The molecule has 1 rings (SSSR count). The van der Waals surface area contributed by atoms with Crippen molar-refractivity contribution in [3.63, 3.8) is 0 Å². The molecule has 22 heavy (non-hydrogen) atoms. The Morgan fingerprint density at radius 1 is 1.00 bits per heavy atom. The molecular formula is C19H35N2O+. The van der Waals surface area contributed by atoms with Gasteiger partial charge in [0, 0.05) is 6.54 Å². The van der Waals surface area contributed by atoms with Crippen LogP contribution in [0.25, 0.3) is 0 Å². The summed E-state index contributed by atoms with van der Waals surface area (Å²) in [5.41, 5.74) is 1.26. The number of nitrogens with zero attached hydrogens (tertiary/aromatic N) is 2. The fourth-order valence-electron chi connectivity index (χ4n) is 2.92. The molecule has 0 aliphatic rings. The van der Waals surface area contributed by atoms with Crippen molar-refractivity contribution >= 4 is 0 Å². The van der Waals surface area contributed by atoms with Crippen LogP contribution in [0.4, 0.5) is 0 Å². The third-order valence-electron chi connectivity index (χ3n) is 4.95. The minimum Gasteiger partial charge on any atom is -0.488 e. The number of rotatable bonds is 11. The normalized spacial score (nSPS) is 11.9. The van der Waals surface area contributed by atoms with Crippen LogP contribution < -0.4 is 4.74 Å². The minimum absolute atomic E-state index is 0.795. The molecule has 0 atom stereocenters. The van der Waals surface area contributed by atoms with E-state index in [0.717, 1.165) is 36.5 Å². The molecule has 0 radical (unpaired) electrons. The second-order valence-electron chi connectivity index (χ2n) is 6.11. The van der Waals surface area contributed by atoms with E-state index in [1.165, 1.54) is 31.7 Å². The van der Waals surface area contributed by atoms with E-state index >= 15 is 0 Å². The monoisotopic (exact) mass is 307 g/mol. The lowest BCUT2D eigenvalue weighted by Crippen LogP contribution is -2.53. The molecule has 3 nitrogen and oxygen atoms in total. The van der Waals surface area contributed by atoms with Crippen molar-refractivity contribution in [1.82, 2.24) is 4.90 Å². The van der Waals surface area contributed by atoms with Gasteiger partial charge in [-0.1, -0.05) is 26.0 Å². The molecule has 126 valence electrons. The zero-order chi connectivity index (χ0) is 16.4. The van der Waals surface area contributed by atoms with Crippen LogP contribution in [0.5, 0.6) is 5.75 Å². The maximum Gasteiger partial charge on any atom is 0.137 e. The van der Waals surface area contributed by atoms with Gasteiger partial charge in [-0.2, -0.15) is 0 Å². The number of likely N-dealkylation sites (N-methyl/N-ethyl adjacent to an activating group) is 2. The molecule has 0 fully saturated rings. The van der Waals surface area contributed by atoms with E-state index < -0.39 is 0 Å². The molecule has 0 saturated carbocycles. The van der Waals surface area contributed by atoms with Crippen molar-refractivity contribution in [2.75, 3.05) is 52.4 Å². The van der Waals surface area contributed by atoms with Crippen molar-refractivity contribution in [3.05, 3.63) is 29.8 Å². The molecule has 0 spiro atoms. The summed E-state index contributed by atoms with van der Waals surface area (Å²) >= 11 is 0. The van der Waals surface area contributed by atoms with Gasteiger partial charge in [0.2, 0.25) is 0 Å². The van der Waals surface area contributed by atoms with E-state index in [1.54, 1.807) is 0 Å². The highest BCUT2D eigenvalue weighted by molar-refractivity contribution is 5.27. The summed E-state index contributed by atoms with van der Waals surface area (Å²) in [6.07, 6.45) is 0. The van der Waals surface area contributed by atoms with Crippen molar-refractivity contribution in [2.45, 2.75) is 34.6 Å². The van der Waals surface area contributed by atoms with Crippen LogP contribution >= 0.6 is 0 Å². The van der Waals surface area contributed by atoms with Crippen molar-refractivity contribution in [3.8, 4) is 5.75 Å². The van der Waals surface area contributed by atoms with Gasteiger partial charge in [0.05, 0.1) is 19.6 Å². The summed E-state index contributed by atoms with van der Waals surface area (Å²) in [4.78, 5) is 2.51. The fraction of sp³-hybridized carbons (Fsp3) is 0.684. The lowest BCUT2D eigenvalue weighted by molar-refractivity contribution is -0.924. The molecule has 1 aromatic carbocycles. The van der Waals surface area contributed by atoms with Gasteiger partial charge in [-0.25, -0.2) is 0 Å². The number of hydrogen-bond donors (Lipinski definition) is 0. The summed E-state index contributed by atoms with van der Waals surface area (Å²) in [6.45, 7) is 20.1. The Bertz CT molecular complexity index is 412. The van der Waals surface area contributed by atoms with E-state index in [4.69, 9.17) is 4.74 Å². The number of aryl methyl sites for hydroxylation is 1. The molecular weight excluding hydrogens is 272 g/mol. The second-order valence-corrected chi connectivity index (χ2v) is 6.11. The second kappa shape index (κ2) is 9.86. The first kappa shape index (κ1) is 19.0. The molecule has 0 aromatic heterocycles.